The largest absolute Gasteiger partial charge is 0.320 e. The van der Waals surface area contributed by atoms with Gasteiger partial charge in [0.15, 0.2) is 4.80 Å². The van der Waals surface area contributed by atoms with Gasteiger partial charge in [0.2, 0.25) is 0 Å². The van der Waals surface area contributed by atoms with Crippen LogP contribution in [0.25, 0.3) is 12.2 Å². The zero-order valence-electron chi connectivity index (χ0n) is 8.27. The van der Waals surface area contributed by atoms with Crippen LogP contribution in [0.3, 0.4) is 0 Å². The van der Waals surface area contributed by atoms with Crippen LogP contribution in [0.2, 0.25) is 0 Å². The second-order valence-electron chi connectivity index (χ2n) is 3.02. The van der Waals surface area contributed by atoms with Crippen LogP contribution in [-0.2, 0) is 7.05 Å². The van der Waals surface area contributed by atoms with Gasteiger partial charge in [-0.1, -0.05) is 35.6 Å². The summed E-state index contributed by atoms with van der Waals surface area (Å²) in [6.45, 7) is 0. The number of hydrogen-bond donors (Lipinski definition) is 0. The number of nitrogens with zero attached hydrogens (tertiary/aromatic N) is 2. The first-order valence-corrected chi connectivity index (χ1v) is 5.28. The Morgan fingerprint density at radius 2 is 1.86 bits per heavy atom. The molecule has 1 aliphatic carbocycles. The molecule has 0 bridgehead atoms. The average Bonchev–Trinajstić information content (AvgIpc) is 2.42. The van der Waals surface area contributed by atoms with Crippen LogP contribution in [0.5, 0.6) is 0 Å². The topological polar surface area (TPSA) is 17.3 Å². The normalized spacial score (nSPS) is 24.9. The minimum absolute atomic E-state index is 1.05. The van der Waals surface area contributed by atoms with E-state index in [-0.39, 0.29) is 0 Å². The van der Waals surface area contributed by atoms with Gasteiger partial charge in [-0.05, 0) is 12.2 Å². The lowest BCUT2D eigenvalue weighted by Crippen LogP contribution is -2.29. The molecule has 1 aliphatic rings. The van der Waals surface area contributed by atoms with Crippen molar-refractivity contribution in [3.05, 3.63) is 39.0 Å². The summed E-state index contributed by atoms with van der Waals surface area (Å²) in [5.41, 5.74) is 0. The molecule has 0 aliphatic heterocycles. The van der Waals surface area contributed by atoms with Crippen molar-refractivity contribution in [3.63, 3.8) is 0 Å². The van der Waals surface area contributed by atoms with E-state index in [9.17, 15) is 0 Å². The lowest BCUT2D eigenvalue weighted by molar-refractivity contribution is 0.833. The van der Waals surface area contributed by atoms with Crippen molar-refractivity contribution in [2.24, 2.45) is 12.0 Å². The van der Waals surface area contributed by atoms with Gasteiger partial charge in [0.05, 0.1) is 9.88 Å². The SMILES string of the molecule is CN=c1sc2/c(n1C)=C\C=C/C=C\C=2. The molecule has 0 radical (unpaired) electrons. The van der Waals surface area contributed by atoms with E-state index in [2.05, 4.69) is 33.9 Å². The molecule has 2 rings (SSSR count). The van der Waals surface area contributed by atoms with Crippen LogP contribution in [-0.4, -0.2) is 11.6 Å². The van der Waals surface area contributed by atoms with Crippen LogP contribution >= 0.6 is 11.3 Å². The molecular weight excluding hydrogens is 192 g/mol. The molecule has 3 heteroatoms. The van der Waals surface area contributed by atoms with Crippen molar-refractivity contribution in [3.8, 4) is 0 Å². The van der Waals surface area contributed by atoms with Crippen molar-refractivity contribution in [2.45, 2.75) is 0 Å². The van der Waals surface area contributed by atoms with Crippen molar-refractivity contribution in [1.82, 2.24) is 4.57 Å². The summed E-state index contributed by atoms with van der Waals surface area (Å²) in [5, 5.41) is 1.22. The van der Waals surface area contributed by atoms with E-state index in [4.69, 9.17) is 0 Å². The van der Waals surface area contributed by atoms with Gasteiger partial charge < -0.3 is 4.57 Å². The average molecular weight is 204 g/mol. The highest BCUT2D eigenvalue weighted by Crippen LogP contribution is 1.84. The number of rotatable bonds is 0. The minimum Gasteiger partial charge on any atom is -0.320 e. The van der Waals surface area contributed by atoms with Gasteiger partial charge in [0.25, 0.3) is 0 Å². The highest BCUT2D eigenvalue weighted by Gasteiger charge is 1.95. The summed E-state index contributed by atoms with van der Waals surface area (Å²) in [5.74, 6) is 0. The van der Waals surface area contributed by atoms with E-state index < -0.39 is 0 Å². The molecule has 0 atom stereocenters. The van der Waals surface area contributed by atoms with Gasteiger partial charge in [-0.15, -0.1) is 0 Å². The molecule has 14 heavy (non-hydrogen) atoms. The first kappa shape index (κ1) is 9.21. The summed E-state index contributed by atoms with van der Waals surface area (Å²) in [4.78, 5) is 5.28. The molecule has 1 heterocycles. The van der Waals surface area contributed by atoms with Gasteiger partial charge in [-0.25, -0.2) is 0 Å². The smallest absolute Gasteiger partial charge is 0.185 e. The Bertz CT molecular complexity index is 567. The fraction of sp³-hybridized carbons (Fsp3) is 0.182. The van der Waals surface area contributed by atoms with E-state index >= 15 is 0 Å². The maximum absolute atomic E-state index is 4.23. The Morgan fingerprint density at radius 3 is 2.57 bits per heavy atom. The van der Waals surface area contributed by atoms with Crippen molar-refractivity contribution < 1.29 is 0 Å². The van der Waals surface area contributed by atoms with Gasteiger partial charge in [0.1, 0.15) is 0 Å². The van der Waals surface area contributed by atoms with E-state index in [1.54, 1.807) is 11.3 Å². The first-order valence-electron chi connectivity index (χ1n) is 4.47. The number of hydrogen-bond acceptors (Lipinski definition) is 2. The Morgan fingerprint density at radius 1 is 1.14 bits per heavy atom. The highest BCUT2D eigenvalue weighted by molar-refractivity contribution is 7.07. The molecule has 0 saturated heterocycles. The van der Waals surface area contributed by atoms with Crippen LogP contribution in [0.15, 0.2) is 29.3 Å². The molecule has 0 amide bonds. The third kappa shape index (κ3) is 1.51. The summed E-state index contributed by atoms with van der Waals surface area (Å²) >= 11 is 1.71. The van der Waals surface area contributed by atoms with Crippen LogP contribution < -0.4 is 14.7 Å². The van der Waals surface area contributed by atoms with Gasteiger partial charge in [-0.2, -0.15) is 0 Å². The zero-order valence-corrected chi connectivity index (χ0v) is 9.08. The molecule has 1 aromatic rings. The Kier molecular flexibility index (Phi) is 2.50. The van der Waals surface area contributed by atoms with Crippen LogP contribution in [0.1, 0.15) is 0 Å². The fourth-order valence-electron chi connectivity index (χ4n) is 1.41. The molecule has 1 aromatic heterocycles. The third-order valence-electron chi connectivity index (χ3n) is 2.13. The first-order chi connectivity index (χ1) is 6.83. The number of allylic oxidation sites excluding steroid dienone is 4. The second kappa shape index (κ2) is 3.80. The lowest BCUT2D eigenvalue weighted by Gasteiger charge is -1.90. The predicted octanol–water partition coefficient (Wildman–Crippen LogP) is 0.304. The fourth-order valence-corrected chi connectivity index (χ4v) is 2.39. The highest BCUT2D eigenvalue weighted by atomic mass is 32.1. The number of fused-ring (bicyclic) bond motifs is 1. The number of thiazole rings is 1. The summed E-state index contributed by atoms with van der Waals surface area (Å²) < 4.78 is 3.37. The summed E-state index contributed by atoms with van der Waals surface area (Å²) in [7, 11) is 3.87. The molecule has 0 fully saturated rings. The van der Waals surface area contributed by atoms with Crippen molar-refractivity contribution in [2.75, 3.05) is 7.05 Å². The quantitative estimate of drug-likeness (QED) is 0.578. The van der Waals surface area contributed by atoms with E-state index in [0.717, 1.165) is 4.80 Å². The molecular formula is C11H12N2S. The van der Waals surface area contributed by atoms with Gasteiger partial charge >= 0.3 is 0 Å². The molecule has 0 spiro atoms. The van der Waals surface area contributed by atoms with E-state index in [1.807, 2.05) is 26.2 Å². The van der Waals surface area contributed by atoms with Crippen LogP contribution in [0.4, 0.5) is 0 Å². The Balaban J connectivity index is 2.93. The summed E-state index contributed by atoms with van der Waals surface area (Å²) in [6.07, 6.45) is 12.4. The molecule has 0 saturated carbocycles. The van der Waals surface area contributed by atoms with Crippen molar-refractivity contribution >= 4 is 23.5 Å². The molecule has 0 N–H and O–H groups in total. The van der Waals surface area contributed by atoms with Gasteiger partial charge in [0, 0.05) is 14.1 Å². The van der Waals surface area contributed by atoms with E-state index in [0.29, 0.717) is 0 Å². The standard InChI is InChI=1S/C11H12N2S/c1-12-11-13(2)9-7-5-3-4-6-8-10(9)14-11/h3-8H,1-2H3/b4-3?,5-3-,6-4-,7-5?,8-6?,9-7+,10-8+,12-11?. The Labute approximate surface area is 86.6 Å². The lowest BCUT2D eigenvalue weighted by atomic mass is 10.3. The molecule has 0 unspecified atom stereocenters. The molecule has 72 valence electrons. The summed E-state index contributed by atoms with van der Waals surface area (Å²) in [6, 6.07) is 0. The molecule has 2 nitrogen and oxygen atoms in total. The zero-order chi connectivity index (χ0) is 9.97. The second-order valence-corrected chi connectivity index (χ2v) is 4.03. The van der Waals surface area contributed by atoms with Crippen LogP contribution in [0, 0.1) is 0 Å². The maximum Gasteiger partial charge on any atom is 0.185 e. The Hall–Kier alpha value is -1.35. The molecule has 0 aromatic carbocycles. The predicted molar refractivity (Wildman–Crippen MR) is 61.2 cm³/mol. The maximum atomic E-state index is 4.23. The minimum atomic E-state index is 1.05. The van der Waals surface area contributed by atoms with Crippen molar-refractivity contribution in [1.29, 1.82) is 0 Å². The number of aromatic nitrogens is 1. The van der Waals surface area contributed by atoms with E-state index in [1.165, 1.54) is 9.88 Å². The third-order valence-corrected chi connectivity index (χ3v) is 3.33. The van der Waals surface area contributed by atoms with Gasteiger partial charge in [-0.3, -0.25) is 4.99 Å². The monoisotopic (exact) mass is 204 g/mol.